The molecule has 0 bridgehead atoms. The third kappa shape index (κ3) is 4.86. The molecule has 0 heterocycles. The number of carbonyl (C=O) groups is 1. The van der Waals surface area contributed by atoms with Crippen LogP contribution in [0.15, 0.2) is 60.7 Å². The molecule has 2 aromatic carbocycles. The van der Waals surface area contributed by atoms with Gasteiger partial charge in [0, 0.05) is 18.8 Å². The summed E-state index contributed by atoms with van der Waals surface area (Å²) >= 11 is 1.50. The molecule has 2 unspecified atom stereocenters. The lowest BCUT2D eigenvalue weighted by Crippen LogP contribution is -2.34. The number of benzene rings is 2. The fraction of sp³-hybridized carbons (Fsp3) is 0.350. The van der Waals surface area contributed by atoms with Crippen molar-refractivity contribution in [1.29, 1.82) is 0 Å². The molecular formula is C20H25NO2S. The van der Waals surface area contributed by atoms with Gasteiger partial charge < -0.3 is 10.0 Å². The Labute approximate surface area is 148 Å². The van der Waals surface area contributed by atoms with Crippen LogP contribution < -0.4 is 0 Å². The molecule has 1 amide bonds. The van der Waals surface area contributed by atoms with Crippen molar-refractivity contribution in [3.63, 3.8) is 0 Å². The minimum absolute atomic E-state index is 0.108. The molecule has 0 saturated heterocycles. The summed E-state index contributed by atoms with van der Waals surface area (Å²) in [6.45, 7) is 5.38. The van der Waals surface area contributed by atoms with Crippen LogP contribution in [0.5, 0.6) is 0 Å². The van der Waals surface area contributed by atoms with Gasteiger partial charge in [0.1, 0.15) is 5.25 Å². The second kappa shape index (κ2) is 9.50. The molecule has 3 nitrogen and oxygen atoms in total. The van der Waals surface area contributed by atoms with Crippen molar-refractivity contribution in [3.05, 3.63) is 71.8 Å². The van der Waals surface area contributed by atoms with Crippen molar-refractivity contribution in [1.82, 2.24) is 4.90 Å². The highest BCUT2D eigenvalue weighted by atomic mass is 32.2. The molecule has 2 atom stereocenters. The standard InChI is InChI=1S/C20H25NO2S/c1-3-21(4-2)20(23)19(17-13-9-6-10-14-17)24-15-18(22)16-11-7-5-8-12-16/h5-14,18-19,22H,3-4,15H2,1-2H3. The maximum Gasteiger partial charge on any atom is 0.240 e. The zero-order chi connectivity index (χ0) is 17.4. The first kappa shape index (κ1) is 18.6. The summed E-state index contributed by atoms with van der Waals surface area (Å²) in [6.07, 6.45) is -0.577. The van der Waals surface area contributed by atoms with Crippen LogP contribution in [0.25, 0.3) is 0 Å². The number of hydrogen-bond acceptors (Lipinski definition) is 3. The van der Waals surface area contributed by atoms with Crippen LogP contribution in [0.1, 0.15) is 36.3 Å². The molecule has 128 valence electrons. The summed E-state index contributed by atoms with van der Waals surface area (Å²) < 4.78 is 0. The van der Waals surface area contributed by atoms with Gasteiger partial charge in [-0.3, -0.25) is 4.79 Å². The maximum atomic E-state index is 12.9. The van der Waals surface area contributed by atoms with Crippen LogP contribution in [0.4, 0.5) is 0 Å². The van der Waals surface area contributed by atoms with Crippen molar-refractivity contribution >= 4 is 17.7 Å². The Hall–Kier alpha value is -1.78. The molecule has 0 radical (unpaired) electrons. The SMILES string of the molecule is CCN(CC)C(=O)C(SCC(O)c1ccccc1)c1ccccc1. The van der Waals surface area contributed by atoms with Crippen LogP contribution >= 0.6 is 11.8 Å². The lowest BCUT2D eigenvalue weighted by Gasteiger charge is -2.26. The fourth-order valence-electron chi connectivity index (χ4n) is 2.60. The second-order valence-corrected chi connectivity index (χ2v) is 6.70. The fourth-order valence-corrected chi connectivity index (χ4v) is 3.81. The Bertz CT molecular complexity index is 614. The van der Waals surface area contributed by atoms with Crippen molar-refractivity contribution in [2.45, 2.75) is 25.2 Å². The first-order valence-electron chi connectivity index (χ1n) is 8.35. The molecule has 24 heavy (non-hydrogen) atoms. The van der Waals surface area contributed by atoms with Crippen molar-refractivity contribution in [2.24, 2.45) is 0 Å². The molecule has 2 rings (SSSR count). The van der Waals surface area contributed by atoms with E-state index in [1.807, 2.05) is 79.4 Å². The van der Waals surface area contributed by atoms with Gasteiger partial charge in [-0.15, -0.1) is 11.8 Å². The monoisotopic (exact) mass is 343 g/mol. The first-order valence-corrected chi connectivity index (χ1v) is 9.40. The van der Waals surface area contributed by atoms with Gasteiger partial charge >= 0.3 is 0 Å². The van der Waals surface area contributed by atoms with Crippen molar-refractivity contribution in [3.8, 4) is 0 Å². The summed E-state index contributed by atoms with van der Waals surface area (Å²) in [5.74, 6) is 0.591. The van der Waals surface area contributed by atoms with Crippen molar-refractivity contribution < 1.29 is 9.90 Å². The van der Waals surface area contributed by atoms with E-state index in [1.165, 1.54) is 11.8 Å². The van der Waals surface area contributed by atoms with Crippen LogP contribution in [0.3, 0.4) is 0 Å². The second-order valence-electron chi connectivity index (χ2n) is 5.56. The van der Waals surface area contributed by atoms with Crippen molar-refractivity contribution in [2.75, 3.05) is 18.8 Å². The lowest BCUT2D eigenvalue weighted by atomic mass is 10.1. The molecule has 0 aromatic heterocycles. The number of aliphatic hydroxyl groups excluding tert-OH is 1. The van der Waals surface area contributed by atoms with Gasteiger partial charge in [0.2, 0.25) is 5.91 Å². The maximum absolute atomic E-state index is 12.9. The normalized spacial score (nSPS) is 13.3. The average molecular weight is 343 g/mol. The van der Waals surface area contributed by atoms with E-state index < -0.39 is 6.10 Å². The summed E-state index contributed by atoms with van der Waals surface area (Å²) in [5.41, 5.74) is 1.87. The van der Waals surface area contributed by atoms with E-state index in [2.05, 4.69) is 0 Å². The molecule has 0 saturated carbocycles. The van der Waals surface area contributed by atoms with Gasteiger partial charge in [0.15, 0.2) is 0 Å². The first-order chi connectivity index (χ1) is 11.7. The zero-order valence-corrected chi connectivity index (χ0v) is 15.1. The number of aliphatic hydroxyl groups is 1. The molecule has 0 aliphatic heterocycles. The molecule has 1 N–H and O–H groups in total. The van der Waals surface area contributed by atoms with Gasteiger partial charge in [0.25, 0.3) is 0 Å². The third-order valence-corrected chi connectivity index (χ3v) is 5.32. The molecule has 4 heteroatoms. The quantitative estimate of drug-likeness (QED) is 0.786. The Kier molecular flexibility index (Phi) is 7.35. The number of hydrogen-bond donors (Lipinski definition) is 1. The Morgan fingerprint density at radius 1 is 0.958 bits per heavy atom. The predicted octanol–water partition coefficient (Wildman–Crippen LogP) is 4.06. The van der Waals surface area contributed by atoms with Crippen LogP contribution in [-0.2, 0) is 4.79 Å². The highest BCUT2D eigenvalue weighted by Gasteiger charge is 2.25. The summed E-state index contributed by atoms with van der Waals surface area (Å²) in [6, 6.07) is 19.4. The average Bonchev–Trinajstić information content (AvgIpc) is 2.64. The third-order valence-electron chi connectivity index (χ3n) is 4.01. The van der Waals surface area contributed by atoms with Gasteiger partial charge in [-0.25, -0.2) is 0 Å². The molecule has 0 spiro atoms. The molecule has 0 fully saturated rings. The minimum atomic E-state index is -0.577. The van der Waals surface area contributed by atoms with E-state index >= 15 is 0 Å². The Morgan fingerprint density at radius 3 is 1.96 bits per heavy atom. The van der Waals surface area contributed by atoms with Gasteiger partial charge in [-0.05, 0) is 25.0 Å². The Morgan fingerprint density at radius 2 is 1.46 bits per heavy atom. The number of carbonyl (C=O) groups excluding carboxylic acids is 1. The molecule has 0 aliphatic carbocycles. The largest absolute Gasteiger partial charge is 0.388 e. The highest BCUT2D eigenvalue weighted by molar-refractivity contribution is 8.00. The predicted molar refractivity (Wildman–Crippen MR) is 101 cm³/mol. The number of nitrogens with zero attached hydrogens (tertiary/aromatic N) is 1. The van der Waals surface area contributed by atoms with Gasteiger partial charge in [-0.1, -0.05) is 60.7 Å². The molecule has 0 aliphatic rings. The Balaban J connectivity index is 2.13. The van der Waals surface area contributed by atoms with E-state index in [1.54, 1.807) is 0 Å². The van der Waals surface area contributed by atoms with Crippen LogP contribution in [0, 0.1) is 0 Å². The molecular weight excluding hydrogens is 318 g/mol. The smallest absolute Gasteiger partial charge is 0.240 e. The molecule has 2 aromatic rings. The topological polar surface area (TPSA) is 40.5 Å². The van der Waals surface area contributed by atoms with Crippen LogP contribution in [0.2, 0.25) is 0 Å². The minimum Gasteiger partial charge on any atom is -0.388 e. The number of likely N-dealkylation sites (N-methyl/N-ethyl adjacent to an activating group) is 1. The lowest BCUT2D eigenvalue weighted by molar-refractivity contribution is -0.130. The summed E-state index contributed by atoms with van der Waals surface area (Å²) in [7, 11) is 0. The van der Waals surface area contributed by atoms with E-state index in [9.17, 15) is 9.90 Å². The number of thioether (sulfide) groups is 1. The number of rotatable bonds is 8. The summed E-state index contributed by atoms with van der Waals surface area (Å²) in [5, 5.41) is 10.1. The highest BCUT2D eigenvalue weighted by Crippen LogP contribution is 2.33. The summed E-state index contributed by atoms with van der Waals surface area (Å²) in [4.78, 5) is 14.7. The number of amides is 1. The van der Waals surface area contributed by atoms with E-state index in [-0.39, 0.29) is 11.2 Å². The van der Waals surface area contributed by atoms with E-state index in [0.29, 0.717) is 18.8 Å². The van der Waals surface area contributed by atoms with Gasteiger partial charge in [0.05, 0.1) is 6.10 Å². The van der Waals surface area contributed by atoms with E-state index in [0.717, 1.165) is 11.1 Å². The zero-order valence-electron chi connectivity index (χ0n) is 14.3. The van der Waals surface area contributed by atoms with Crippen LogP contribution in [-0.4, -0.2) is 34.8 Å². The van der Waals surface area contributed by atoms with E-state index in [4.69, 9.17) is 0 Å². The van der Waals surface area contributed by atoms with Gasteiger partial charge in [-0.2, -0.15) is 0 Å².